The number of anilines is 3. The minimum atomic E-state index is 0.728. The maximum Gasteiger partial charge on any atom is 0.141 e. The van der Waals surface area contributed by atoms with Crippen LogP contribution < -0.4 is 11.1 Å². The van der Waals surface area contributed by atoms with E-state index in [2.05, 4.69) is 15.3 Å². The van der Waals surface area contributed by atoms with Crippen molar-refractivity contribution in [3.63, 3.8) is 0 Å². The molecule has 94 valence electrons. The molecule has 3 rings (SSSR count). The Bertz CT molecular complexity index is 732. The number of para-hydroxylation sites is 1. The lowest BCUT2D eigenvalue weighted by molar-refractivity contribution is 1.21. The van der Waals surface area contributed by atoms with Crippen LogP contribution in [-0.4, -0.2) is 9.97 Å². The van der Waals surface area contributed by atoms with Gasteiger partial charge in [-0.15, -0.1) is 0 Å². The maximum absolute atomic E-state index is 5.82. The molecule has 0 radical (unpaired) electrons. The molecule has 3 aromatic rings. The van der Waals surface area contributed by atoms with Gasteiger partial charge < -0.3 is 11.1 Å². The summed E-state index contributed by atoms with van der Waals surface area (Å²) in [4.78, 5) is 8.56. The Hall–Kier alpha value is -2.62. The van der Waals surface area contributed by atoms with E-state index >= 15 is 0 Å². The molecule has 0 bridgehead atoms. The van der Waals surface area contributed by atoms with E-state index < -0.39 is 0 Å². The third kappa shape index (κ3) is 2.20. The van der Waals surface area contributed by atoms with E-state index in [1.807, 2.05) is 49.4 Å². The van der Waals surface area contributed by atoms with Crippen molar-refractivity contribution in [1.82, 2.24) is 9.97 Å². The van der Waals surface area contributed by atoms with Crippen LogP contribution in [0.1, 0.15) is 5.56 Å². The SMILES string of the molecule is Cc1ccc(N)cc1Nc1ncnc2ccccc12. The molecule has 0 amide bonds. The van der Waals surface area contributed by atoms with E-state index in [0.29, 0.717) is 0 Å². The zero-order valence-electron chi connectivity index (χ0n) is 10.6. The van der Waals surface area contributed by atoms with Gasteiger partial charge in [0.15, 0.2) is 0 Å². The molecule has 0 saturated heterocycles. The Morgan fingerprint density at radius 1 is 1.05 bits per heavy atom. The average Bonchev–Trinajstić information content (AvgIpc) is 2.43. The number of aromatic nitrogens is 2. The normalized spacial score (nSPS) is 10.6. The number of nitrogen functional groups attached to an aromatic ring is 1. The molecule has 4 nitrogen and oxygen atoms in total. The Labute approximate surface area is 111 Å². The Balaban J connectivity index is 2.08. The van der Waals surface area contributed by atoms with Crippen molar-refractivity contribution in [3.05, 3.63) is 54.4 Å². The number of rotatable bonds is 2. The standard InChI is InChI=1S/C15H14N4/c1-10-6-7-11(16)8-14(10)19-15-12-4-2-3-5-13(12)17-9-18-15/h2-9H,16H2,1H3,(H,17,18,19). The zero-order valence-corrected chi connectivity index (χ0v) is 10.6. The fourth-order valence-electron chi connectivity index (χ4n) is 2.01. The summed E-state index contributed by atoms with van der Waals surface area (Å²) in [6.45, 7) is 2.03. The summed E-state index contributed by atoms with van der Waals surface area (Å²) in [6.07, 6.45) is 1.56. The average molecular weight is 250 g/mol. The molecule has 4 heteroatoms. The van der Waals surface area contributed by atoms with Gasteiger partial charge in [0.25, 0.3) is 0 Å². The van der Waals surface area contributed by atoms with Crippen LogP contribution in [0.3, 0.4) is 0 Å². The molecule has 3 N–H and O–H groups in total. The summed E-state index contributed by atoms with van der Waals surface area (Å²) in [5.41, 5.74) is 9.55. The first-order valence-electron chi connectivity index (χ1n) is 6.07. The van der Waals surface area contributed by atoms with E-state index in [9.17, 15) is 0 Å². The predicted molar refractivity (Wildman–Crippen MR) is 78.4 cm³/mol. The lowest BCUT2D eigenvalue weighted by Crippen LogP contribution is -1.98. The topological polar surface area (TPSA) is 63.8 Å². The summed E-state index contributed by atoms with van der Waals surface area (Å²) in [6, 6.07) is 13.7. The van der Waals surface area contributed by atoms with E-state index in [-0.39, 0.29) is 0 Å². The van der Waals surface area contributed by atoms with Crippen LogP contribution in [0.5, 0.6) is 0 Å². The van der Waals surface area contributed by atoms with Crippen molar-refractivity contribution in [2.75, 3.05) is 11.1 Å². The molecule has 0 spiro atoms. The summed E-state index contributed by atoms with van der Waals surface area (Å²) in [5.74, 6) is 0.791. The largest absolute Gasteiger partial charge is 0.399 e. The van der Waals surface area contributed by atoms with Gasteiger partial charge in [0.2, 0.25) is 0 Å². The summed E-state index contributed by atoms with van der Waals surface area (Å²) >= 11 is 0. The van der Waals surface area contributed by atoms with Crippen molar-refractivity contribution in [2.45, 2.75) is 6.92 Å². The molecule has 0 aliphatic heterocycles. The lowest BCUT2D eigenvalue weighted by Gasteiger charge is -2.11. The van der Waals surface area contributed by atoms with Gasteiger partial charge in [-0.25, -0.2) is 9.97 Å². The third-order valence-corrected chi connectivity index (χ3v) is 3.06. The summed E-state index contributed by atoms with van der Waals surface area (Å²) < 4.78 is 0. The zero-order chi connectivity index (χ0) is 13.2. The van der Waals surface area contributed by atoms with Crippen LogP contribution >= 0.6 is 0 Å². The second-order valence-corrected chi connectivity index (χ2v) is 4.44. The Morgan fingerprint density at radius 2 is 1.89 bits per heavy atom. The van der Waals surface area contributed by atoms with Crippen molar-refractivity contribution in [1.29, 1.82) is 0 Å². The van der Waals surface area contributed by atoms with Gasteiger partial charge in [-0.2, -0.15) is 0 Å². The number of nitrogens with zero attached hydrogens (tertiary/aromatic N) is 2. The molecule has 0 aliphatic carbocycles. The third-order valence-electron chi connectivity index (χ3n) is 3.06. The highest BCUT2D eigenvalue weighted by atomic mass is 15.0. The molecule has 0 unspecified atom stereocenters. The lowest BCUT2D eigenvalue weighted by atomic mass is 10.1. The van der Waals surface area contributed by atoms with E-state index in [0.717, 1.165) is 33.7 Å². The van der Waals surface area contributed by atoms with Gasteiger partial charge in [0.05, 0.1) is 5.52 Å². The predicted octanol–water partition coefficient (Wildman–Crippen LogP) is 3.26. The van der Waals surface area contributed by atoms with Gasteiger partial charge in [-0.1, -0.05) is 18.2 Å². The monoisotopic (exact) mass is 250 g/mol. The van der Waals surface area contributed by atoms with Crippen LogP contribution in [0.2, 0.25) is 0 Å². The minimum absolute atomic E-state index is 0.728. The first-order chi connectivity index (χ1) is 9.24. The van der Waals surface area contributed by atoms with Crippen molar-refractivity contribution < 1.29 is 0 Å². The molecule has 19 heavy (non-hydrogen) atoms. The number of hydrogen-bond acceptors (Lipinski definition) is 4. The number of nitrogens with one attached hydrogen (secondary N) is 1. The van der Waals surface area contributed by atoms with Gasteiger partial charge in [0.1, 0.15) is 12.1 Å². The molecule has 0 fully saturated rings. The first kappa shape index (κ1) is 11.5. The molecular weight excluding hydrogens is 236 g/mol. The first-order valence-corrected chi connectivity index (χ1v) is 6.07. The quantitative estimate of drug-likeness (QED) is 0.685. The highest BCUT2D eigenvalue weighted by molar-refractivity contribution is 5.90. The molecule has 0 saturated carbocycles. The van der Waals surface area contributed by atoms with Gasteiger partial charge in [-0.3, -0.25) is 0 Å². The van der Waals surface area contributed by atoms with E-state index in [4.69, 9.17) is 5.73 Å². The highest BCUT2D eigenvalue weighted by Crippen LogP contribution is 2.25. The summed E-state index contributed by atoms with van der Waals surface area (Å²) in [7, 11) is 0. The van der Waals surface area contributed by atoms with Gasteiger partial charge >= 0.3 is 0 Å². The van der Waals surface area contributed by atoms with Crippen molar-refractivity contribution >= 4 is 28.1 Å². The van der Waals surface area contributed by atoms with Crippen LogP contribution in [0.25, 0.3) is 10.9 Å². The molecule has 0 atom stereocenters. The number of nitrogens with two attached hydrogens (primary N) is 1. The molecule has 0 aliphatic rings. The molecule has 1 heterocycles. The minimum Gasteiger partial charge on any atom is -0.399 e. The second kappa shape index (κ2) is 4.57. The second-order valence-electron chi connectivity index (χ2n) is 4.44. The van der Waals surface area contributed by atoms with Crippen molar-refractivity contribution in [2.24, 2.45) is 0 Å². The summed E-state index contributed by atoms with van der Waals surface area (Å²) in [5, 5.41) is 4.32. The maximum atomic E-state index is 5.82. The van der Waals surface area contributed by atoms with Gasteiger partial charge in [-0.05, 0) is 36.8 Å². The fourth-order valence-corrected chi connectivity index (χ4v) is 2.01. The number of hydrogen-bond donors (Lipinski definition) is 2. The van der Waals surface area contributed by atoms with Crippen LogP contribution in [-0.2, 0) is 0 Å². The molecular formula is C15H14N4. The van der Waals surface area contributed by atoms with Crippen LogP contribution in [0.4, 0.5) is 17.2 Å². The van der Waals surface area contributed by atoms with Crippen molar-refractivity contribution in [3.8, 4) is 0 Å². The number of aryl methyl sites for hydroxylation is 1. The fraction of sp³-hybridized carbons (Fsp3) is 0.0667. The van der Waals surface area contributed by atoms with Crippen LogP contribution in [0.15, 0.2) is 48.8 Å². The smallest absolute Gasteiger partial charge is 0.141 e. The molecule has 2 aromatic carbocycles. The Morgan fingerprint density at radius 3 is 2.79 bits per heavy atom. The number of fused-ring (bicyclic) bond motifs is 1. The van der Waals surface area contributed by atoms with E-state index in [1.165, 1.54) is 0 Å². The molecule has 1 aromatic heterocycles. The number of benzene rings is 2. The highest BCUT2D eigenvalue weighted by Gasteiger charge is 2.05. The Kier molecular flexibility index (Phi) is 2.76. The van der Waals surface area contributed by atoms with E-state index in [1.54, 1.807) is 6.33 Å². The van der Waals surface area contributed by atoms with Gasteiger partial charge in [0, 0.05) is 16.8 Å². The van der Waals surface area contributed by atoms with Crippen LogP contribution in [0, 0.1) is 6.92 Å².